The van der Waals surface area contributed by atoms with E-state index in [0.29, 0.717) is 18.2 Å². The molecule has 1 aliphatic rings. The van der Waals surface area contributed by atoms with Crippen molar-refractivity contribution in [2.24, 2.45) is 17.6 Å². The topological polar surface area (TPSA) is 43.1 Å². The number of carbonyl (C=O) groups is 1. The van der Waals surface area contributed by atoms with Crippen LogP contribution in [0.4, 0.5) is 0 Å². The van der Waals surface area contributed by atoms with E-state index < -0.39 is 0 Å². The molecule has 1 saturated carbocycles. The maximum absolute atomic E-state index is 12.4. The molecule has 1 aliphatic carbocycles. The van der Waals surface area contributed by atoms with Crippen LogP contribution in [-0.4, -0.2) is 12.3 Å². The second-order valence-electron chi connectivity index (χ2n) is 4.68. The molecule has 0 radical (unpaired) electrons. The molecule has 2 N–H and O–H groups in total. The van der Waals surface area contributed by atoms with Gasteiger partial charge in [-0.3, -0.25) is 4.79 Å². The molecule has 1 aromatic heterocycles. The lowest BCUT2D eigenvalue weighted by molar-refractivity contribution is 0.0833. The van der Waals surface area contributed by atoms with E-state index >= 15 is 0 Å². The Kier molecular flexibility index (Phi) is 3.77. The van der Waals surface area contributed by atoms with Gasteiger partial charge in [-0.15, -0.1) is 11.3 Å². The molecule has 16 heavy (non-hydrogen) atoms. The summed E-state index contributed by atoms with van der Waals surface area (Å²) in [5, 5.41) is 2.00. The molecular weight excluding hydrogens is 218 g/mol. The minimum atomic E-state index is 0.177. The summed E-state index contributed by atoms with van der Waals surface area (Å²) >= 11 is 1.57. The quantitative estimate of drug-likeness (QED) is 0.821. The minimum absolute atomic E-state index is 0.177. The maximum atomic E-state index is 12.4. The number of nitrogens with two attached hydrogens (primary N) is 1. The summed E-state index contributed by atoms with van der Waals surface area (Å²) in [5.74, 6) is 0.918. The largest absolute Gasteiger partial charge is 0.330 e. The van der Waals surface area contributed by atoms with Crippen LogP contribution in [-0.2, 0) is 0 Å². The van der Waals surface area contributed by atoms with Crippen molar-refractivity contribution < 1.29 is 4.79 Å². The highest BCUT2D eigenvalue weighted by molar-refractivity contribution is 7.12. The number of aryl methyl sites for hydroxylation is 1. The van der Waals surface area contributed by atoms with E-state index in [9.17, 15) is 4.79 Å². The smallest absolute Gasteiger partial charge is 0.176 e. The molecule has 0 saturated heterocycles. The number of Topliss-reactive ketones (excluding diaryl/α,β-unsaturated/α-hetero) is 1. The van der Waals surface area contributed by atoms with Gasteiger partial charge in [0.25, 0.3) is 0 Å². The van der Waals surface area contributed by atoms with Crippen LogP contribution in [0.1, 0.15) is 40.9 Å². The van der Waals surface area contributed by atoms with Crippen LogP contribution in [0.3, 0.4) is 0 Å². The highest BCUT2D eigenvalue weighted by atomic mass is 32.1. The van der Waals surface area contributed by atoms with Gasteiger partial charge in [-0.2, -0.15) is 0 Å². The summed E-state index contributed by atoms with van der Waals surface area (Å²) in [4.78, 5) is 13.4. The molecule has 88 valence electrons. The van der Waals surface area contributed by atoms with Gasteiger partial charge in [0, 0.05) is 5.92 Å². The third-order valence-electron chi connectivity index (χ3n) is 3.63. The van der Waals surface area contributed by atoms with Crippen molar-refractivity contribution >= 4 is 17.1 Å². The SMILES string of the molecule is Cc1ccsc1C(=O)C1CCCCC1CN. The van der Waals surface area contributed by atoms with E-state index in [0.717, 1.165) is 23.3 Å². The molecule has 2 rings (SSSR count). The Morgan fingerprint density at radius 1 is 1.50 bits per heavy atom. The lowest BCUT2D eigenvalue weighted by Gasteiger charge is -2.29. The molecule has 2 unspecified atom stereocenters. The highest BCUT2D eigenvalue weighted by Gasteiger charge is 2.31. The van der Waals surface area contributed by atoms with Gasteiger partial charge in [-0.25, -0.2) is 0 Å². The van der Waals surface area contributed by atoms with E-state index in [4.69, 9.17) is 5.73 Å². The molecule has 0 bridgehead atoms. The fourth-order valence-electron chi connectivity index (χ4n) is 2.63. The first-order chi connectivity index (χ1) is 7.74. The number of rotatable bonds is 3. The average molecular weight is 237 g/mol. The maximum Gasteiger partial charge on any atom is 0.176 e. The van der Waals surface area contributed by atoms with Gasteiger partial charge in [0.2, 0.25) is 0 Å². The van der Waals surface area contributed by atoms with Crippen molar-refractivity contribution in [3.63, 3.8) is 0 Å². The van der Waals surface area contributed by atoms with Crippen molar-refractivity contribution in [2.45, 2.75) is 32.6 Å². The van der Waals surface area contributed by atoms with Crippen LogP contribution in [0.5, 0.6) is 0 Å². The van der Waals surface area contributed by atoms with Crippen LogP contribution in [0, 0.1) is 18.8 Å². The average Bonchev–Trinajstić information content (AvgIpc) is 2.74. The normalized spacial score (nSPS) is 25.6. The zero-order valence-corrected chi connectivity index (χ0v) is 10.6. The predicted octanol–water partition coefficient (Wildman–Crippen LogP) is 3.00. The van der Waals surface area contributed by atoms with Gasteiger partial charge in [0.1, 0.15) is 0 Å². The van der Waals surface area contributed by atoms with E-state index in [-0.39, 0.29) is 5.92 Å². The second kappa shape index (κ2) is 5.11. The summed E-state index contributed by atoms with van der Waals surface area (Å²) in [7, 11) is 0. The molecular formula is C13H19NOS. The zero-order valence-electron chi connectivity index (χ0n) is 9.74. The van der Waals surface area contributed by atoms with Gasteiger partial charge in [0.05, 0.1) is 4.88 Å². The van der Waals surface area contributed by atoms with Crippen molar-refractivity contribution in [2.75, 3.05) is 6.54 Å². The van der Waals surface area contributed by atoms with Gasteiger partial charge in [-0.05, 0) is 49.2 Å². The lowest BCUT2D eigenvalue weighted by Crippen LogP contribution is -2.32. The van der Waals surface area contributed by atoms with Crippen LogP contribution in [0.25, 0.3) is 0 Å². The zero-order chi connectivity index (χ0) is 11.5. The molecule has 1 heterocycles. The third kappa shape index (κ3) is 2.20. The number of hydrogen-bond donors (Lipinski definition) is 1. The molecule has 0 amide bonds. The van der Waals surface area contributed by atoms with Crippen LogP contribution < -0.4 is 5.73 Å². The molecule has 0 aromatic carbocycles. The van der Waals surface area contributed by atoms with Crippen molar-refractivity contribution in [3.8, 4) is 0 Å². The molecule has 0 spiro atoms. The van der Waals surface area contributed by atoms with E-state index in [1.165, 1.54) is 12.8 Å². The molecule has 0 aliphatic heterocycles. The summed E-state index contributed by atoms with van der Waals surface area (Å²) in [6.45, 7) is 2.67. The highest BCUT2D eigenvalue weighted by Crippen LogP contribution is 2.33. The summed E-state index contributed by atoms with van der Waals surface area (Å²) < 4.78 is 0. The molecule has 2 nitrogen and oxygen atoms in total. The van der Waals surface area contributed by atoms with Gasteiger partial charge in [-0.1, -0.05) is 12.8 Å². The Morgan fingerprint density at radius 3 is 2.88 bits per heavy atom. The van der Waals surface area contributed by atoms with Crippen LogP contribution in [0.15, 0.2) is 11.4 Å². The molecule has 1 fully saturated rings. The standard InChI is InChI=1S/C13H19NOS/c1-9-6-7-16-13(9)12(15)11-5-3-2-4-10(11)8-14/h6-7,10-11H,2-5,8,14H2,1H3. The van der Waals surface area contributed by atoms with Crippen molar-refractivity contribution in [1.82, 2.24) is 0 Å². The van der Waals surface area contributed by atoms with Crippen LogP contribution >= 0.6 is 11.3 Å². The Hall–Kier alpha value is -0.670. The van der Waals surface area contributed by atoms with Gasteiger partial charge < -0.3 is 5.73 Å². The lowest BCUT2D eigenvalue weighted by atomic mass is 9.76. The summed E-state index contributed by atoms with van der Waals surface area (Å²) in [6.07, 6.45) is 4.56. The Morgan fingerprint density at radius 2 is 2.25 bits per heavy atom. The third-order valence-corrected chi connectivity index (χ3v) is 4.67. The Bertz CT molecular complexity index is 372. The molecule has 2 atom stereocenters. The first-order valence-electron chi connectivity index (χ1n) is 6.02. The predicted molar refractivity (Wildman–Crippen MR) is 67.9 cm³/mol. The number of hydrogen-bond acceptors (Lipinski definition) is 3. The first-order valence-corrected chi connectivity index (χ1v) is 6.90. The van der Waals surface area contributed by atoms with Gasteiger partial charge >= 0.3 is 0 Å². The summed E-state index contributed by atoms with van der Waals surface area (Å²) in [6, 6.07) is 2.03. The minimum Gasteiger partial charge on any atom is -0.330 e. The second-order valence-corrected chi connectivity index (χ2v) is 5.60. The van der Waals surface area contributed by atoms with Crippen molar-refractivity contribution in [1.29, 1.82) is 0 Å². The Balaban J connectivity index is 2.17. The van der Waals surface area contributed by atoms with Crippen LogP contribution in [0.2, 0.25) is 0 Å². The monoisotopic (exact) mass is 237 g/mol. The van der Waals surface area contributed by atoms with Gasteiger partial charge in [0.15, 0.2) is 5.78 Å². The fraction of sp³-hybridized carbons (Fsp3) is 0.615. The Labute approximate surface area is 101 Å². The van der Waals surface area contributed by atoms with Crippen molar-refractivity contribution in [3.05, 3.63) is 21.9 Å². The van der Waals surface area contributed by atoms with E-state index in [2.05, 4.69) is 0 Å². The fourth-order valence-corrected chi connectivity index (χ4v) is 3.56. The van der Waals surface area contributed by atoms with E-state index in [1.807, 2.05) is 18.4 Å². The molecule has 3 heteroatoms. The summed E-state index contributed by atoms with van der Waals surface area (Å²) in [5.41, 5.74) is 6.90. The van der Waals surface area contributed by atoms with E-state index in [1.54, 1.807) is 11.3 Å². The molecule has 1 aromatic rings. The first kappa shape index (κ1) is 11.8. The number of carbonyl (C=O) groups excluding carboxylic acids is 1. The number of ketones is 1. The number of thiophene rings is 1.